The highest BCUT2D eigenvalue weighted by atomic mass is 32.2. The van der Waals surface area contributed by atoms with E-state index in [0.717, 1.165) is 22.9 Å². The van der Waals surface area contributed by atoms with Gasteiger partial charge in [-0.15, -0.1) is 0 Å². The van der Waals surface area contributed by atoms with E-state index in [-0.39, 0.29) is 23.6 Å². The molecule has 0 aromatic heterocycles. The number of hydrogen-bond donors (Lipinski definition) is 0. The molecule has 0 spiro atoms. The summed E-state index contributed by atoms with van der Waals surface area (Å²) < 4.78 is 24.5. The lowest BCUT2D eigenvalue weighted by molar-refractivity contribution is -0.126. The smallest absolute Gasteiger partial charge is 0.289 e. The number of halogens is 1. The van der Waals surface area contributed by atoms with E-state index in [1.165, 1.54) is 17.0 Å². The van der Waals surface area contributed by atoms with Crippen LogP contribution in [0.2, 0.25) is 0 Å². The second kappa shape index (κ2) is 9.10. The van der Waals surface area contributed by atoms with Gasteiger partial charge < -0.3 is 9.47 Å². The number of hydrogen-bond acceptors (Lipinski definition) is 5. The van der Waals surface area contributed by atoms with Gasteiger partial charge in [-0.1, -0.05) is 30.0 Å². The van der Waals surface area contributed by atoms with Crippen molar-refractivity contribution in [2.24, 2.45) is 0 Å². The van der Waals surface area contributed by atoms with Crippen molar-refractivity contribution in [2.75, 3.05) is 13.2 Å². The van der Waals surface area contributed by atoms with Crippen LogP contribution >= 0.6 is 11.8 Å². The normalized spacial score (nSPS) is 16.5. The molecule has 148 valence electrons. The number of carbonyl (C=O) groups is 2. The summed E-state index contributed by atoms with van der Waals surface area (Å²) in [5, 5.41) is -0.602. The molecule has 1 fully saturated rings. The van der Waals surface area contributed by atoms with Crippen molar-refractivity contribution < 1.29 is 23.5 Å². The van der Waals surface area contributed by atoms with Crippen LogP contribution in [0.25, 0.3) is 0 Å². The maximum absolute atomic E-state index is 13.0. The van der Waals surface area contributed by atoms with Gasteiger partial charge in [0.2, 0.25) is 5.91 Å². The van der Waals surface area contributed by atoms with Gasteiger partial charge in [0.25, 0.3) is 5.24 Å². The zero-order chi connectivity index (χ0) is 20.1. The fourth-order valence-corrected chi connectivity index (χ4v) is 4.03. The van der Waals surface area contributed by atoms with E-state index in [4.69, 9.17) is 9.47 Å². The van der Waals surface area contributed by atoms with Crippen molar-refractivity contribution in [3.63, 3.8) is 0 Å². The van der Waals surface area contributed by atoms with E-state index in [0.29, 0.717) is 31.1 Å². The van der Waals surface area contributed by atoms with Gasteiger partial charge in [-0.3, -0.25) is 14.5 Å². The van der Waals surface area contributed by atoms with Gasteiger partial charge in [0, 0.05) is 6.54 Å². The molecule has 3 rings (SSSR count). The maximum atomic E-state index is 13.0. The standard InChI is InChI=1S/C21H22FNO4S/c1-3-23-20(24)19(28-21(23)25)12-15-7-10-17(18(11-15)26-4-2)27-13-14-5-8-16(22)9-6-14/h5-11,19H,3-4,12-13H2,1-2H3/t19-/m1/s1. The summed E-state index contributed by atoms with van der Waals surface area (Å²) in [6, 6.07) is 11.6. The molecule has 5 nitrogen and oxygen atoms in total. The zero-order valence-corrected chi connectivity index (χ0v) is 16.6. The first-order chi connectivity index (χ1) is 13.5. The molecule has 1 heterocycles. The van der Waals surface area contributed by atoms with Gasteiger partial charge in [-0.2, -0.15) is 0 Å². The Morgan fingerprint density at radius 3 is 2.36 bits per heavy atom. The lowest BCUT2D eigenvalue weighted by Gasteiger charge is -2.15. The molecular formula is C21H22FNO4S. The average Bonchev–Trinajstić information content (AvgIpc) is 2.95. The Balaban J connectivity index is 1.71. The molecule has 2 aromatic rings. The molecule has 1 atom stereocenters. The Labute approximate surface area is 167 Å². The number of imide groups is 1. The summed E-state index contributed by atoms with van der Waals surface area (Å²) in [5.74, 6) is 0.720. The van der Waals surface area contributed by atoms with Gasteiger partial charge in [0.05, 0.1) is 11.9 Å². The predicted octanol–water partition coefficient (Wildman–Crippen LogP) is 4.43. The quantitative estimate of drug-likeness (QED) is 0.653. The second-order valence-corrected chi connectivity index (χ2v) is 7.44. The molecule has 0 unspecified atom stereocenters. The highest BCUT2D eigenvalue weighted by molar-refractivity contribution is 8.15. The van der Waals surface area contributed by atoms with Crippen LogP contribution in [0.15, 0.2) is 42.5 Å². The molecule has 0 aliphatic carbocycles. The summed E-state index contributed by atoms with van der Waals surface area (Å²) in [4.78, 5) is 25.5. The number of benzene rings is 2. The van der Waals surface area contributed by atoms with E-state index < -0.39 is 5.25 Å². The van der Waals surface area contributed by atoms with E-state index in [1.807, 2.05) is 19.1 Å². The summed E-state index contributed by atoms with van der Waals surface area (Å²) in [6.07, 6.45) is 0.448. The van der Waals surface area contributed by atoms with Crippen molar-refractivity contribution in [2.45, 2.75) is 32.1 Å². The highest BCUT2D eigenvalue weighted by Gasteiger charge is 2.38. The van der Waals surface area contributed by atoms with E-state index in [1.54, 1.807) is 25.1 Å². The van der Waals surface area contributed by atoms with Crippen LogP contribution < -0.4 is 9.47 Å². The number of carbonyl (C=O) groups excluding carboxylic acids is 2. The zero-order valence-electron chi connectivity index (χ0n) is 15.8. The third kappa shape index (κ3) is 4.65. The number of ether oxygens (including phenoxy) is 2. The van der Waals surface area contributed by atoms with Crippen molar-refractivity contribution in [1.29, 1.82) is 0 Å². The van der Waals surface area contributed by atoms with E-state index in [9.17, 15) is 14.0 Å². The molecule has 0 saturated carbocycles. The van der Waals surface area contributed by atoms with Crippen LogP contribution in [0, 0.1) is 5.82 Å². The molecule has 0 N–H and O–H groups in total. The van der Waals surface area contributed by atoms with Crippen LogP contribution in [0.1, 0.15) is 25.0 Å². The van der Waals surface area contributed by atoms with Crippen molar-refractivity contribution in [3.05, 3.63) is 59.4 Å². The summed E-state index contributed by atoms with van der Waals surface area (Å²) in [5.41, 5.74) is 1.74. The first-order valence-corrected chi connectivity index (χ1v) is 10.0. The Bertz CT molecular complexity index is 856. The molecular weight excluding hydrogens is 381 g/mol. The topological polar surface area (TPSA) is 55.8 Å². The first kappa shape index (κ1) is 20.2. The van der Waals surface area contributed by atoms with E-state index in [2.05, 4.69) is 0 Å². The first-order valence-electron chi connectivity index (χ1n) is 9.16. The fraction of sp³-hybridized carbons (Fsp3) is 0.333. The molecule has 1 saturated heterocycles. The van der Waals surface area contributed by atoms with Gasteiger partial charge in [-0.05, 0) is 55.7 Å². The van der Waals surface area contributed by atoms with Crippen LogP contribution in [0.5, 0.6) is 11.5 Å². The van der Waals surface area contributed by atoms with Crippen LogP contribution in [0.4, 0.5) is 9.18 Å². The van der Waals surface area contributed by atoms with Crippen LogP contribution in [0.3, 0.4) is 0 Å². The number of thioether (sulfide) groups is 1. The molecule has 1 aliphatic rings. The van der Waals surface area contributed by atoms with E-state index >= 15 is 0 Å². The largest absolute Gasteiger partial charge is 0.490 e. The maximum Gasteiger partial charge on any atom is 0.289 e. The number of nitrogens with zero attached hydrogens (tertiary/aromatic N) is 1. The molecule has 7 heteroatoms. The Hall–Kier alpha value is -2.54. The Morgan fingerprint density at radius 2 is 1.71 bits per heavy atom. The van der Waals surface area contributed by atoms with Gasteiger partial charge in [0.1, 0.15) is 12.4 Å². The Morgan fingerprint density at radius 1 is 1.00 bits per heavy atom. The van der Waals surface area contributed by atoms with Gasteiger partial charge >= 0.3 is 0 Å². The summed E-state index contributed by atoms with van der Waals surface area (Å²) in [7, 11) is 0. The van der Waals surface area contributed by atoms with Crippen molar-refractivity contribution >= 4 is 22.9 Å². The minimum atomic E-state index is -0.409. The highest BCUT2D eigenvalue weighted by Crippen LogP contribution is 2.33. The molecule has 1 aliphatic heterocycles. The predicted molar refractivity (Wildman–Crippen MR) is 106 cm³/mol. The lowest BCUT2D eigenvalue weighted by atomic mass is 10.1. The molecule has 28 heavy (non-hydrogen) atoms. The summed E-state index contributed by atoms with van der Waals surface area (Å²) in [6.45, 7) is 4.82. The minimum Gasteiger partial charge on any atom is -0.490 e. The SMILES string of the molecule is CCOc1cc(C[C@H]2SC(=O)N(CC)C2=O)ccc1OCc1ccc(F)cc1. The van der Waals surface area contributed by atoms with Crippen molar-refractivity contribution in [1.82, 2.24) is 4.90 Å². The third-order valence-electron chi connectivity index (χ3n) is 4.36. The van der Waals surface area contributed by atoms with Gasteiger partial charge in [0.15, 0.2) is 11.5 Å². The number of rotatable bonds is 8. The van der Waals surface area contributed by atoms with Crippen molar-refractivity contribution in [3.8, 4) is 11.5 Å². The third-order valence-corrected chi connectivity index (χ3v) is 5.43. The lowest BCUT2D eigenvalue weighted by Crippen LogP contribution is -2.31. The molecule has 2 amide bonds. The number of amides is 2. The minimum absolute atomic E-state index is 0.146. The van der Waals surface area contributed by atoms with Gasteiger partial charge in [-0.25, -0.2) is 4.39 Å². The monoisotopic (exact) mass is 403 g/mol. The summed E-state index contributed by atoms with van der Waals surface area (Å²) >= 11 is 1.07. The average molecular weight is 403 g/mol. The van der Waals surface area contributed by atoms with Crippen LogP contribution in [-0.4, -0.2) is 34.4 Å². The molecule has 2 aromatic carbocycles. The van der Waals surface area contributed by atoms with Crippen LogP contribution in [-0.2, 0) is 17.8 Å². The molecule has 0 bridgehead atoms. The Kier molecular flexibility index (Phi) is 6.57. The fourth-order valence-electron chi connectivity index (χ4n) is 2.94. The molecule has 0 radical (unpaired) electrons. The second-order valence-electron chi connectivity index (χ2n) is 6.29.